The first-order chi connectivity index (χ1) is 12.5. The van der Waals surface area contributed by atoms with Gasteiger partial charge in [-0.3, -0.25) is 5.43 Å². The molecular weight excluding hydrogens is 322 g/mol. The van der Waals surface area contributed by atoms with Gasteiger partial charge in [-0.25, -0.2) is 5.53 Å². The number of allylic oxidation sites excluding steroid dienone is 6. The van der Waals surface area contributed by atoms with E-state index in [-0.39, 0.29) is 0 Å². The molecule has 2 heterocycles. The summed E-state index contributed by atoms with van der Waals surface area (Å²) in [5.41, 5.74) is 12.9. The minimum absolute atomic E-state index is 0.721. The van der Waals surface area contributed by atoms with Gasteiger partial charge in [0, 0.05) is 19.0 Å². The third-order valence-corrected chi connectivity index (χ3v) is 4.96. The fraction of sp³-hybridized carbons (Fsp3) is 0.476. The Bertz CT molecular complexity index is 639. The third kappa shape index (κ3) is 6.65. The first kappa shape index (κ1) is 20.2. The van der Waals surface area contributed by atoms with Crippen LogP contribution in [0, 0.1) is 0 Å². The summed E-state index contributed by atoms with van der Waals surface area (Å²) in [6.07, 6.45) is 12.8. The van der Waals surface area contributed by atoms with Gasteiger partial charge in [-0.1, -0.05) is 48.6 Å². The van der Waals surface area contributed by atoms with E-state index < -0.39 is 0 Å². The molecule has 0 unspecified atom stereocenters. The van der Waals surface area contributed by atoms with Gasteiger partial charge < -0.3 is 4.90 Å². The molecule has 2 aliphatic rings. The van der Waals surface area contributed by atoms with Gasteiger partial charge in [0.25, 0.3) is 0 Å². The zero-order valence-corrected chi connectivity index (χ0v) is 16.4. The number of hydrogen-bond donors (Lipinski definition) is 3. The van der Waals surface area contributed by atoms with Crippen LogP contribution in [0.15, 0.2) is 64.9 Å². The van der Waals surface area contributed by atoms with Crippen molar-refractivity contribution in [2.45, 2.75) is 52.5 Å². The predicted molar refractivity (Wildman–Crippen MR) is 111 cm³/mol. The van der Waals surface area contributed by atoms with E-state index in [4.69, 9.17) is 0 Å². The van der Waals surface area contributed by atoms with Crippen LogP contribution in [0.2, 0.25) is 0 Å². The SMILES string of the molecule is C=C(/C=C\C(=C)/C(C)=C/C=C(\C)CC1=NNNN1)CCN1CCC[C@H]1C. The van der Waals surface area contributed by atoms with Crippen molar-refractivity contribution < 1.29 is 0 Å². The summed E-state index contributed by atoms with van der Waals surface area (Å²) in [5, 5.41) is 4.08. The molecule has 0 aromatic rings. The van der Waals surface area contributed by atoms with Gasteiger partial charge in [-0.2, -0.15) is 0 Å². The molecule has 0 radical (unpaired) electrons. The molecule has 2 rings (SSSR count). The largest absolute Gasteiger partial charge is 0.300 e. The third-order valence-electron chi connectivity index (χ3n) is 4.96. The lowest BCUT2D eigenvalue weighted by molar-refractivity contribution is 0.273. The lowest BCUT2D eigenvalue weighted by Crippen LogP contribution is -2.34. The standard InChI is InChI=1S/C21H33N5/c1-16(12-14-26-13-6-7-20(26)5)8-10-18(3)19(4)11-9-17(2)15-21-22-24-25-23-21/h8-11,20,24-25H,1,3,6-7,12-15H2,2,4-5H3,(H,22,23)/b10-8-,17-9+,19-11+/t20-/m1/s1. The van der Waals surface area contributed by atoms with E-state index in [0.717, 1.165) is 48.0 Å². The van der Waals surface area contributed by atoms with Gasteiger partial charge >= 0.3 is 0 Å². The van der Waals surface area contributed by atoms with Gasteiger partial charge in [0.1, 0.15) is 5.84 Å². The molecule has 26 heavy (non-hydrogen) atoms. The number of nitrogens with one attached hydrogen (secondary N) is 3. The van der Waals surface area contributed by atoms with E-state index in [9.17, 15) is 0 Å². The highest BCUT2D eigenvalue weighted by atomic mass is 15.8. The van der Waals surface area contributed by atoms with Crippen molar-refractivity contribution in [1.82, 2.24) is 21.4 Å². The average molecular weight is 356 g/mol. The number of hydrazine groups is 2. The molecule has 0 aliphatic carbocycles. The summed E-state index contributed by atoms with van der Waals surface area (Å²) in [7, 11) is 0. The summed E-state index contributed by atoms with van der Waals surface area (Å²) in [5.74, 6) is 0.882. The van der Waals surface area contributed by atoms with E-state index in [1.54, 1.807) is 0 Å². The lowest BCUT2D eigenvalue weighted by atomic mass is 10.1. The van der Waals surface area contributed by atoms with Gasteiger partial charge in [0.15, 0.2) is 0 Å². The van der Waals surface area contributed by atoms with Crippen molar-refractivity contribution in [2.75, 3.05) is 13.1 Å². The first-order valence-electron chi connectivity index (χ1n) is 9.41. The summed E-state index contributed by atoms with van der Waals surface area (Å²) < 4.78 is 0. The number of rotatable bonds is 9. The molecule has 2 aliphatic heterocycles. The Hall–Kier alpha value is -2.11. The molecule has 0 spiro atoms. The molecular formula is C21H33N5. The van der Waals surface area contributed by atoms with Crippen LogP contribution in [0.5, 0.6) is 0 Å². The van der Waals surface area contributed by atoms with Crippen LogP contribution in [-0.4, -0.2) is 29.9 Å². The Balaban J connectivity index is 1.77. The molecule has 0 saturated carbocycles. The Labute approximate surface area is 158 Å². The normalized spacial score (nSPS) is 21.7. The van der Waals surface area contributed by atoms with Crippen LogP contribution in [0.4, 0.5) is 0 Å². The van der Waals surface area contributed by atoms with E-state index in [1.165, 1.54) is 25.0 Å². The van der Waals surface area contributed by atoms with E-state index >= 15 is 0 Å². The Morgan fingerprint density at radius 3 is 2.73 bits per heavy atom. The second kappa shape index (κ2) is 10.1. The molecule has 3 N–H and O–H groups in total. The highest BCUT2D eigenvalue weighted by Crippen LogP contribution is 2.18. The van der Waals surface area contributed by atoms with Crippen molar-refractivity contribution in [3.8, 4) is 0 Å². The summed E-state index contributed by atoms with van der Waals surface area (Å²) in [6, 6.07) is 0.721. The molecule has 142 valence electrons. The fourth-order valence-corrected chi connectivity index (χ4v) is 3.05. The molecule has 5 nitrogen and oxygen atoms in total. The Kier molecular flexibility index (Phi) is 7.88. The minimum atomic E-state index is 0.721. The van der Waals surface area contributed by atoms with Gasteiger partial charge in [0.05, 0.1) is 0 Å². The smallest absolute Gasteiger partial charge is 0.143 e. The molecule has 0 aromatic heterocycles. The maximum atomic E-state index is 4.19. The molecule has 0 bridgehead atoms. The number of nitrogens with zero attached hydrogens (tertiary/aromatic N) is 2. The van der Waals surface area contributed by atoms with Crippen LogP contribution in [0.25, 0.3) is 0 Å². The molecule has 1 saturated heterocycles. The van der Waals surface area contributed by atoms with Crippen molar-refractivity contribution in [1.29, 1.82) is 0 Å². The van der Waals surface area contributed by atoms with Crippen LogP contribution < -0.4 is 16.5 Å². The first-order valence-corrected chi connectivity index (χ1v) is 9.41. The monoisotopic (exact) mass is 355 g/mol. The second-order valence-corrected chi connectivity index (χ2v) is 7.25. The highest BCUT2D eigenvalue weighted by molar-refractivity contribution is 5.84. The second-order valence-electron chi connectivity index (χ2n) is 7.25. The van der Waals surface area contributed by atoms with E-state index in [1.807, 2.05) is 0 Å². The molecule has 0 amide bonds. The topological polar surface area (TPSA) is 51.7 Å². The minimum Gasteiger partial charge on any atom is -0.300 e. The maximum absolute atomic E-state index is 4.19. The van der Waals surface area contributed by atoms with Crippen molar-refractivity contribution in [2.24, 2.45) is 5.10 Å². The van der Waals surface area contributed by atoms with Crippen LogP contribution in [0.3, 0.4) is 0 Å². The summed E-state index contributed by atoms with van der Waals surface area (Å²) in [4.78, 5) is 2.56. The van der Waals surface area contributed by atoms with Crippen molar-refractivity contribution >= 4 is 5.84 Å². The fourth-order valence-electron chi connectivity index (χ4n) is 3.05. The molecule has 1 atom stereocenters. The zero-order valence-electron chi connectivity index (χ0n) is 16.4. The molecule has 0 aromatic carbocycles. The van der Waals surface area contributed by atoms with Gasteiger partial charge in [-0.05, 0) is 57.7 Å². The Morgan fingerprint density at radius 2 is 2.08 bits per heavy atom. The number of amidine groups is 1. The zero-order chi connectivity index (χ0) is 18.9. The van der Waals surface area contributed by atoms with Crippen LogP contribution in [-0.2, 0) is 0 Å². The molecule has 5 heteroatoms. The van der Waals surface area contributed by atoms with Crippen molar-refractivity contribution in [3.63, 3.8) is 0 Å². The number of likely N-dealkylation sites (tertiary alicyclic amines) is 1. The van der Waals surface area contributed by atoms with Crippen LogP contribution in [0.1, 0.15) is 46.5 Å². The lowest BCUT2D eigenvalue weighted by Gasteiger charge is -2.20. The Morgan fingerprint density at radius 1 is 1.27 bits per heavy atom. The van der Waals surface area contributed by atoms with Gasteiger partial charge in [-0.15, -0.1) is 10.6 Å². The van der Waals surface area contributed by atoms with Crippen molar-refractivity contribution in [3.05, 3.63) is 59.8 Å². The van der Waals surface area contributed by atoms with E-state index in [2.05, 4.69) is 84.7 Å². The molecule has 1 fully saturated rings. The number of hydrogen-bond acceptors (Lipinski definition) is 5. The maximum Gasteiger partial charge on any atom is 0.143 e. The van der Waals surface area contributed by atoms with Gasteiger partial charge in [0.2, 0.25) is 0 Å². The quantitative estimate of drug-likeness (QED) is 0.552. The van der Waals surface area contributed by atoms with E-state index in [0.29, 0.717) is 0 Å². The average Bonchev–Trinajstić information content (AvgIpc) is 3.27. The highest BCUT2D eigenvalue weighted by Gasteiger charge is 2.19. The number of hydrazone groups is 1. The predicted octanol–water partition coefficient (Wildman–Crippen LogP) is 3.74. The summed E-state index contributed by atoms with van der Waals surface area (Å²) in [6.45, 7) is 17.2. The summed E-state index contributed by atoms with van der Waals surface area (Å²) >= 11 is 0. The van der Waals surface area contributed by atoms with Crippen LogP contribution >= 0.6 is 0 Å².